The molecule has 0 fully saturated rings. The Hall–Kier alpha value is -2.08. The Labute approximate surface area is 113 Å². The Morgan fingerprint density at radius 1 is 1.47 bits per heavy atom. The number of nitrogens with one attached hydrogen (secondary N) is 1. The molecule has 6 nitrogen and oxygen atoms in total. The number of hydrogen-bond acceptors (Lipinski definition) is 4. The van der Waals surface area contributed by atoms with Gasteiger partial charge in [0.05, 0.1) is 10.8 Å². The normalized spacial score (nSPS) is 21.3. The van der Waals surface area contributed by atoms with Crippen LogP contribution in [0.15, 0.2) is 30.4 Å². The second-order valence-corrected chi connectivity index (χ2v) is 4.67. The highest BCUT2D eigenvalue weighted by Crippen LogP contribution is 2.30. The molecule has 0 saturated carbocycles. The topological polar surface area (TPSA) is 92.5 Å². The van der Waals surface area contributed by atoms with Crippen molar-refractivity contribution < 1.29 is 14.8 Å². The van der Waals surface area contributed by atoms with E-state index in [-0.39, 0.29) is 16.8 Å². The Morgan fingerprint density at radius 2 is 2.21 bits per heavy atom. The molecule has 0 aromatic heterocycles. The lowest BCUT2D eigenvalue weighted by Gasteiger charge is -2.13. The summed E-state index contributed by atoms with van der Waals surface area (Å²) in [6.07, 6.45) is 3.66. The molecule has 0 saturated heterocycles. The van der Waals surface area contributed by atoms with E-state index in [2.05, 4.69) is 5.32 Å². The predicted molar refractivity (Wildman–Crippen MR) is 70.4 cm³/mol. The van der Waals surface area contributed by atoms with E-state index in [1.54, 1.807) is 18.2 Å². The van der Waals surface area contributed by atoms with E-state index in [1.807, 2.05) is 0 Å². The number of nitro benzene ring substituents is 1. The van der Waals surface area contributed by atoms with E-state index in [0.717, 1.165) is 0 Å². The number of hydrogen-bond donors (Lipinski definition) is 2. The van der Waals surface area contributed by atoms with Crippen molar-refractivity contribution in [1.29, 1.82) is 0 Å². The van der Waals surface area contributed by atoms with Crippen LogP contribution in [0.3, 0.4) is 0 Å². The number of nitro groups is 1. The molecule has 2 unspecified atom stereocenters. The van der Waals surface area contributed by atoms with Crippen LogP contribution in [-0.2, 0) is 4.79 Å². The third-order valence-electron chi connectivity index (χ3n) is 2.90. The van der Waals surface area contributed by atoms with Crippen molar-refractivity contribution in [1.82, 2.24) is 0 Å². The van der Waals surface area contributed by atoms with Crippen LogP contribution in [0.5, 0.6) is 0 Å². The zero-order chi connectivity index (χ0) is 14.0. The van der Waals surface area contributed by atoms with E-state index in [4.69, 9.17) is 16.7 Å². The number of carboxylic acid groups (broad SMARTS) is 1. The molecule has 2 N–H and O–H groups in total. The molecule has 19 heavy (non-hydrogen) atoms. The van der Waals surface area contributed by atoms with Crippen molar-refractivity contribution in [3.05, 3.63) is 45.5 Å². The first-order valence-corrected chi connectivity index (χ1v) is 5.97. The molecule has 7 heteroatoms. The lowest BCUT2D eigenvalue weighted by Crippen LogP contribution is -2.19. The predicted octanol–water partition coefficient (Wildman–Crippen LogP) is 2.69. The molecule has 2 rings (SSSR count). The summed E-state index contributed by atoms with van der Waals surface area (Å²) < 4.78 is 0. The summed E-state index contributed by atoms with van der Waals surface area (Å²) in [7, 11) is 0. The zero-order valence-corrected chi connectivity index (χ0v) is 10.5. The smallest absolute Gasteiger partial charge is 0.310 e. The molecule has 0 aliphatic heterocycles. The lowest BCUT2D eigenvalue weighted by molar-refractivity contribution is -0.384. The molecular weight excluding hydrogens is 272 g/mol. The number of carboxylic acids is 1. The Kier molecular flexibility index (Phi) is 3.71. The fourth-order valence-corrected chi connectivity index (χ4v) is 2.13. The van der Waals surface area contributed by atoms with Gasteiger partial charge in [-0.3, -0.25) is 14.9 Å². The number of halogens is 1. The quantitative estimate of drug-likeness (QED) is 0.503. The average Bonchev–Trinajstić information content (AvgIpc) is 2.80. The standard InChI is InChI=1S/C12H11ClN2O4/c13-8-2-4-10(11(6-8)15(18)19)14-9-3-1-7(5-9)12(16)17/h1-4,6-7,9,14H,5H2,(H,16,17). The molecule has 0 radical (unpaired) electrons. The van der Waals surface area contributed by atoms with Crippen LogP contribution in [-0.4, -0.2) is 22.0 Å². The average molecular weight is 283 g/mol. The molecule has 1 aromatic rings. The number of rotatable bonds is 4. The highest BCUT2D eigenvalue weighted by Gasteiger charge is 2.26. The molecule has 0 heterocycles. The highest BCUT2D eigenvalue weighted by molar-refractivity contribution is 6.30. The summed E-state index contributed by atoms with van der Waals surface area (Å²) in [6, 6.07) is 4.09. The van der Waals surface area contributed by atoms with Gasteiger partial charge >= 0.3 is 5.97 Å². The van der Waals surface area contributed by atoms with Crippen molar-refractivity contribution in [2.75, 3.05) is 5.32 Å². The summed E-state index contributed by atoms with van der Waals surface area (Å²) in [5.74, 6) is -1.45. The molecule has 0 amide bonds. The Balaban J connectivity index is 2.15. The van der Waals surface area contributed by atoms with Crippen molar-refractivity contribution in [2.45, 2.75) is 12.5 Å². The van der Waals surface area contributed by atoms with Crippen LogP contribution in [0.1, 0.15) is 6.42 Å². The van der Waals surface area contributed by atoms with Gasteiger partial charge in [0, 0.05) is 17.1 Å². The van der Waals surface area contributed by atoms with Crippen molar-refractivity contribution in [3.8, 4) is 0 Å². The largest absolute Gasteiger partial charge is 0.481 e. The molecule has 2 atom stereocenters. The second kappa shape index (κ2) is 5.27. The summed E-state index contributed by atoms with van der Waals surface area (Å²) in [6.45, 7) is 0. The monoisotopic (exact) mass is 282 g/mol. The highest BCUT2D eigenvalue weighted by atomic mass is 35.5. The summed E-state index contributed by atoms with van der Waals surface area (Å²) in [5, 5.41) is 23.0. The van der Waals surface area contributed by atoms with Crippen molar-refractivity contribution in [3.63, 3.8) is 0 Å². The number of carbonyl (C=O) groups is 1. The van der Waals surface area contributed by atoms with Gasteiger partial charge < -0.3 is 10.4 Å². The molecule has 1 aromatic carbocycles. The maximum absolute atomic E-state index is 10.9. The molecule has 1 aliphatic rings. The second-order valence-electron chi connectivity index (χ2n) is 4.23. The molecular formula is C12H11ClN2O4. The van der Waals surface area contributed by atoms with Crippen molar-refractivity contribution >= 4 is 28.9 Å². The van der Waals surface area contributed by atoms with E-state index >= 15 is 0 Å². The van der Waals surface area contributed by atoms with Gasteiger partial charge in [0.2, 0.25) is 0 Å². The first-order valence-electron chi connectivity index (χ1n) is 5.59. The molecule has 0 spiro atoms. The molecule has 100 valence electrons. The van der Waals surface area contributed by atoms with Crippen molar-refractivity contribution in [2.24, 2.45) is 5.92 Å². The van der Waals surface area contributed by atoms with Crippen LogP contribution in [0.25, 0.3) is 0 Å². The number of anilines is 1. The zero-order valence-electron chi connectivity index (χ0n) is 9.75. The van der Waals surface area contributed by atoms with Crippen LogP contribution in [0.4, 0.5) is 11.4 Å². The minimum absolute atomic E-state index is 0.125. The van der Waals surface area contributed by atoms with E-state index < -0.39 is 16.8 Å². The fourth-order valence-electron chi connectivity index (χ4n) is 1.97. The van der Waals surface area contributed by atoms with Gasteiger partial charge in [-0.05, 0) is 18.6 Å². The lowest BCUT2D eigenvalue weighted by atomic mass is 10.1. The van der Waals surface area contributed by atoms with Crippen LogP contribution >= 0.6 is 11.6 Å². The minimum atomic E-state index is -0.897. The maximum atomic E-state index is 10.9. The summed E-state index contributed by atoms with van der Waals surface area (Å²) in [4.78, 5) is 21.2. The van der Waals surface area contributed by atoms with Gasteiger partial charge in [-0.1, -0.05) is 23.8 Å². The SMILES string of the molecule is O=C(O)C1C=CC(Nc2ccc(Cl)cc2[N+](=O)[O-])C1. The fraction of sp³-hybridized carbons (Fsp3) is 0.250. The molecule has 1 aliphatic carbocycles. The Morgan fingerprint density at radius 3 is 2.79 bits per heavy atom. The Bertz CT molecular complexity index is 559. The summed E-state index contributed by atoms with van der Waals surface area (Å²) >= 11 is 5.72. The first kappa shape index (κ1) is 13.4. The van der Waals surface area contributed by atoms with Gasteiger partial charge in [0.15, 0.2) is 0 Å². The van der Waals surface area contributed by atoms with Gasteiger partial charge in [-0.2, -0.15) is 0 Å². The number of nitrogens with zero attached hydrogens (tertiary/aromatic N) is 1. The summed E-state index contributed by atoms with van der Waals surface area (Å²) in [5.41, 5.74) is 0.203. The van der Waals surface area contributed by atoms with Crippen LogP contribution < -0.4 is 5.32 Å². The number of benzene rings is 1. The third-order valence-corrected chi connectivity index (χ3v) is 3.13. The van der Waals surface area contributed by atoms with E-state index in [0.29, 0.717) is 12.1 Å². The number of aliphatic carboxylic acids is 1. The third kappa shape index (κ3) is 3.03. The van der Waals surface area contributed by atoms with E-state index in [1.165, 1.54) is 12.1 Å². The van der Waals surface area contributed by atoms with Gasteiger partial charge in [-0.15, -0.1) is 0 Å². The van der Waals surface area contributed by atoms with Crippen LogP contribution in [0, 0.1) is 16.0 Å². The van der Waals surface area contributed by atoms with Gasteiger partial charge in [-0.25, -0.2) is 0 Å². The van der Waals surface area contributed by atoms with Gasteiger partial charge in [0.1, 0.15) is 5.69 Å². The maximum Gasteiger partial charge on any atom is 0.310 e. The minimum Gasteiger partial charge on any atom is -0.481 e. The first-order chi connectivity index (χ1) is 8.97. The van der Waals surface area contributed by atoms with Gasteiger partial charge in [0.25, 0.3) is 5.69 Å². The van der Waals surface area contributed by atoms with E-state index in [9.17, 15) is 14.9 Å². The van der Waals surface area contributed by atoms with Crippen LogP contribution in [0.2, 0.25) is 5.02 Å². The molecule has 0 bridgehead atoms.